The van der Waals surface area contributed by atoms with Gasteiger partial charge in [0.2, 0.25) is 0 Å². The first-order valence-electron chi connectivity index (χ1n) is 10.0. The van der Waals surface area contributed by atoms with Gasteiger partial charge in [-0.1, -0.05) is 6.92 Å². The third-order valence-corrected chi connectivity index (χ3v) is 6.05. The van der Waals surface area contributed by atoms with Gasteiger partial charge in [0.15, 0.2) is 0 Å². The Bertz CT molecular complexity index is 891. The number of nitrogens with zero attached hydrogens (tertiary/aromatic N) is 4. The second-order valence-electron chi connectivity index (χ2n) is 7.63. The first-order chi connectivity index (χ1) is 13.2. The summed E-state index contributed by atoms with van der Waals surface area (Å²) in [7, 11) is 1.94. The lowest BCUT2D eigenvalue weighted by molar-refractivity contribution is 0.125. The quantitative estimate of drug-likeness (QED) is 0.701. The normalized spacial score (nSPS) is 20.6. The minimum Gasteiger partial charge on any atom is -0.395 e. The molecule has 3 heterocycles. The zero-order chi connectivity index (χ0) is 18.8. The van der Waals surface area contributed by atoms with E-state index in [1.54, 1.807) is 0 Å². The maximum Gasteiger partial charge on any atom is 0.137 e. The number of nitrogens with one attached hydrogen (secondary N) is 1. The number of aromatic nitrogens is 4. The second kappa shape index (κ2) is 7.82. The van der Waals surface area contributed by atoms with Crippen molar-refractivity contribution in [1.82, 2.24) is 24.6 Å². The maximum absolute atomic E-state index is 9.27. The van der Waals surface area contributed by atoms with Gasteiger partial charge in [0.25, 0.3) is 0 Å². The van der Waals surface area contributed by atoms with E-state index >= 15 is 0 Å². The number of likely N-dealkylation sites (N-methyl/N-ethyl adjacent to an activating group) is 1. The van der Waals surface area contributed by atoms with Crippen molar-refractivity contribution in [3.05, 3.63) is 36.4 Å². The Kier molecular flexibility index (Phi) is 5.27. The molecule has 144 valence electrons. The van der Waals surface area contributed by atoms with Crippen LogP contribution in [0, 0.1) is 0 Å². The van der Waals surface area contributed by atoms with E-state index in [4.69, 9.17) is 0 Å². The van der Waals surface area contributed by atoms with E-state index in [-0.39, 0.29) is 6.61 Å². The highest BCUT2D eigenvalue weighted by Gasteiger charge is 2.26. The molecule has 3 aromatic heterocycles. The molecule has 1 aliphatic rings. The van der Waals surface area contributed by atoms with Gasteiger partial charge in [-0.25, -0.2) is 4.98 Å². The largest absolute Gasteiger partial charge is 0.395 e. The van der Waals surface area contributed by atoms with Crippen molar-refractivity contribution in [3.8, 4) is 11.1 Å². The number of hydrogen-bond donors (Lipinski definition) is 2. The SMILES string of the molecule is CCN(CCO)C1CCC(c2cnc3[nH]cc(-c4cnn(C)c4)c3c2)CC1. The fourth-order valence-electron chi connectivity index (χ4n) is 4.54. The number of hydrogen-bond acceptors (Lipinski definition) is 4. The van der Waals surface area contributed by atoms with Crippen molar-refractivity contribution >= 4 is 11.0 Å². The van der Waals surface area contributed by atoms with Crippen LogP contribution >= 0.6 is 0 Å². The summed E-state index contributed by atoms with van der Waals surface area (Å²) in [6.07, 6.45) is 12.8. The number of aliphatic hydroxyl groups is 1. The molecule has 0 atom stereocenters. The van der Waals surface area contributed by atoms with Gasteiger partial charge in [-0.05, 0) is 49.8 Å². The van der Waals surface area contributed by atoms with E-state index in [1.165, 1.54) is 42.2 Å². The van der Waals surface area contributed by atoms with Crippen LogP contribution in [0.3, 0.4) is 0 Å². The number of rotatable bonds is 6. The number of fused-ring (bicyclic) bond motifs is 1. The van der Waals surface area contributed by atoms with Crippen molar-refractivity contribution in [2.45, 2.75) is 44.6 Å². The summed E-state index contributed by atoms with van der Waals surface area (Å²) in [5.41, 5.74) is 4.57. The third-order valence-electron chi connectivity index (χ3n) is 6.05. The van der Waals surface area contributed by atoms with Crippen LogP contribution in [0.2, 0.25) is 0 Å². The molecule has 3 aromatic rings. The molecular weight excluding hydrogens is 338 g/mol. The molecule has 1 saturated carbocycles. The van der Waals surface area contributed by atoms with Crippen LogP contribution in [0.15, 0.2) is 30.9 Å². The zero-order valence-corrected chi connectivity index (χ0v) is 16.2. The fraction of sp³-hybridized carbons (Fsp3) is 0.524. The van der Waals surface area contributed by atoms with E-state index in [0.717, 1.165) is 24.3 Å². The van der Waals surface area contributed by atoms with Gasteiger partial charge in [-0.3, -0.25) is 9.58 Å². The lowest BCUT2D eigenvalue weighted by Crippen LogP contribution is -2.39. The highest BCUT2D eigenvalue weighted by Crippen LogP contribution is 2.37. The predicted octanol–water partition coefficient (Wildman–Crippen LogP) is 3.30. The van der Waals surface area contributed by atoms with Crippen molar-refractivity contribution in [2.75, 3.05) is 19.7 Å². The molecule has 0 radical (unpaired) electrons. The van der Waals surface area contributed by atoms with Gasteiger partial charge < -0.3 is 10.1 Å². The van der Waals surface area contributed by atoms with Crippen molar-refractivity contribution < 1.29 is 5.11 Å². The number of pyridine rings is 1. The molecule has 0 saturated heterocycles. The van der Waals surface area contributed by atoms with Crippen LogP contribution < -0.4 is 0 Å². The molecule has 2 N–H and O–H groups in total. The Balaban J connectivity index is 1.53. The van der Waals surface area contributed by atoms with E-state index in [2.05, 4.69) is 33.0 Å². The van der Waals surface area contributed by atoms with Gasteiger partial charge in [0.05, 0.1) is 12.8 Å². The van der Waals surface area contributed by atoms with Crippen LogP contribution in [0.1, 0.15) is 44.1 Å². The van der Waals surface area contributed by atoms with Gasteiger partial charge >= 0.3 is 0 Å². The van der Waals surface area contributed by atoms with E-state index in [9.17, 15) is 5.11 Å². The zero-order valence-electron chi connectivity index (χ0n) is 16.2. The van der Waals surface area contributed by atoms with Gasteiger partial charge in [0.1, 0.15) is 5.65 Å². The lowest BCUT2D eigenvalue weighted by Gasteiger charge is -2.36. The fourth-order valence-corrected chi connectivity index (χ4v) is 4.54. The number of aromatic amines is 1. The molecule has 6 nitrogen and oxygen atoms in total. The monoisotopic (exact) mass is 367 g/mol. The third kappa shape index (κ3) is 3.64. The van der Waals surface area contributed by atoms with E-state index in [0.29, 0.717) is 12.0 Å². The summed E-state index contributed by atoms with van der Waals surface area (Å²) >= 11 is 0. The number of H-pyrrole nitrogens is 1. The molecule has 0 aliphatic heterocycles. The van der Waals surface area contributed by atoms with Crippen molar-refractivity contribution in [3.63, 3.8) is 0 Å². The molecule has 0 unspecified atom stereocenters. The Morgan fingerprint density at radius 2 is 2.07 bits per heavy atom. The average molecular weight is 367 g/mol. The molecular formula is C21H29N5O. The van der Waals surface area contributed by atoms with E-state index in [1.807, 2.05) is 36.5 Å². The van der Waals surface area contributed by atoms with Crippen LogP contribution in [0.25, 0.3) is 22.2 Å². The summed E-state index contributed by atoms with van der Waals surface area (Å²) < 4.78 is 1.83. The molecule has 0 aromatic carbocycles. The average Bonchev–Trinajstić information content (AvgIpc) is 3.31. The van der Waals surface area contributed by atoms with Crippen LogP contribution in [0.5, 0.6) is 0 Å². The highest BCUT2D eigenvalue weighted by molar-refractivity contribution is 5.93. The number of aliphatic hydroxyl groups excluding tert-OH is 1. The van der Waals surface area contributed by atoms with Crippen LogP contribution in [0.4, 0.5) is 0 Å². The Morgan fingerprint density at radius 1 is 1.26 bits per heavy atom. The topological polar surface area (TPSA) is 70.0 Å². The predicted molar refractivity (Wildman–Crippen MR) is 108 cm³/mol. The smallest absolute Gasteiger partial charge is 0.137 e. The molecule has 0 amide bonds. The number of aryl methyl sites for hydroxylation is 1. The standard InChI is InChI=1S/C21H29N5O/c1-3-26(8-9-27)18-6-4-15(5-7-18)16-10-19-20(13-23-21(19)22-11-16)17-12-24-25(2)14-17/h10-15,18,27H,3-9H2,1-2H3,(H,22,23). The van der Waals surface area contributed by atoms with Crippen molar-refractivity contribution in [1.29, 1.82) is 0 Å². The second-order valence-corrected chi connectivity index (χ2v) is 7.63. The molecule has 27 heavy (non-hydrogen) atoms. The molecule has 1 aliphatic carbocycles. The molecule has 0 spiro atoms. The van der Waals surface area contributed by atoms with Crippen LogP contribution in [-0.4, -0.2) is 55.5 Å². The first-order valence-corrected chi connectivity index (χ1v) is 10.0. The first kappa shape index (κ1) is 18.2. The Labute approximate surface area is 160 Å². The lowest BCUT2D eigenvalue weighted by atomic mass is 9.81. The minimum absolute atomic E-state index is 0.249. The summed E-state index contributed by atoms with van der Waals surface area (Å²) in [4.78, 5) is 10.4. The van der Waals surface area contributed by atoms with Crippen molar-refractivity contribution in [2.24, 2.45) is 7.05 Å². The Morgan fingerprint density at radius 3 is 2.74 bits per heavy atom. The van der Waals surface area contributed by atoms with E-state index < -0.39 is 0 Å². The molecule has 6 heteroatoms. The maximum atomic E-state index is 9.27. The van der Waals surface area contributed by atoms with Gasteiger partial charge in [0, 0.05) is 54.7 Å². The minimum atomic E-state index is 0.249. The Hall–Kier alpha value is -2.18. The van der Waals surface area contributed by atoms with Gasteiger partial charge in [-0.2, -0.15) is 5.10 Å². The molecule has 4 rings (SSSR count). The van der Waals surface area contributed by atoms with Crippen LogP contribution in [-0.2, 0) is 7.05 Å². The summed E-state index contributed by atoms with van der Waals surface area (Å²) in [6.45, 7) is 4.24. The summed E-state index contributed by atoms with van der Waals surface area (Å²) in [5, 5.41) is 14.7. The highest BCUT2D eigenvalue weighted by atomic mass is 16.3. The summed E-state index contributed by atoms with van der Waals surface area (Å²) in [6, 6.07) is 2.92. The molecule has 0 bridgehead atoms. The van der Waals surface area contributed by atoms with Gasteiger partial charge in [-0.15, -0.1) is 0 Å². The molecule has 1 fully saturated rings. The summed E-state index contributed by atoms with van der Waals surface area (Å²) in [5.74, 6) is 0.572.